The molecule has 142 valence electrons. The standard InChI is InChI=1S/C18H22N6O3/c25-17(24(15-3-4-15)18(26)13-2-1-9-19-10-13)11-27-16-7-5-14(6-8-16)23-12-20-21-22-23/h5-8,12-13,15,19H,1-4,9-11H2. The monoisotopic (exact) mass is 370 g/mol. The lowest BCUT2D eigenvalue weighted by Crippen LogP contribution is -2.48. The SMILES string of the molecule is O=C(COc1ccc(-n2cnnn2)cc1)N(C(=O)C1CCCNC1)C1CC1. The molecule has 1 saturated heterocycles. The van der Waals surface area contributed by atoms with Crippen molar-refractivity contribution < 1.29 is 14.3 Å². The van der Waals surface area contributed by atoms with Crippen molar-refractivity contribution in [3.63, 3.8) is 0 Å². The van der Waals surface area contributed by atoms with Gasteiger partial charge in [-0.25, -0.2) is 4.68 Å². The summed E-state index contributed by atoms with van der Waals surface area (Å²) in [6.07, 6.45) is 5.07. The summed E-state index contributed by atoms with van der Waals surface area (Å²) in [5.74, 6) is 0.117. The third-order valence-corrected chi connectivity index (χ3v) is 4.88. The number of tetrazole rings is 1. The molecule has 0 radical (unpaired) electrons. The van der Waals surface area contributed by atoms with Gasteiger partial charge in [0.15, 0.2) is 6.61 Å². The molecule has 2 fully saturated rings. The smallest absolute Gasteiger partial charge is 0.267 e. The van der Waals surface area contributed by atoms with Crippen molar-refractivity contribution in [2.45, 2.75) is 31.7 Å². The van der Waals surface area contributed by atoms with Crippen LogP contribution >= 0.6 is 0 Å². The molecule has 2 aromatic rings. The van der Waals surface area contributed by atoms with E-state index in [0.29, 0.717) is 12.3 Å². The molecule has 2 heterocycles. The Hall–Kier alpha value is -2.81. The van der Waals surface area contributed by atoms with Crippen LogP contribution in [0.4, 0.5) is 0 Å². The molecule has 2 aliphatic rings. The third kappa shape index (κ3) is 4.13. The molecule has 1 saturated carbocycles. The fraction of sp³-hybridized carbons (Fsp3) is 0.500. The number of benzene rings is 1. The van der Waals surface area contributed by atoms with Crippen molar-refractivity contribution >= 4 is 11.8 Å². The van der Waals surface area contributed by atoms with E-state index in [4.69, 9.17) is 4.74 Å². The van der Waals surface area contributed by atoms with Gasteiger partial charge in [0, 0.05) is 12.6 Å². The Morgan fingerprint density at radius 1 is 1.22 bits per heavy atom. The zero-order valence-electron chi connectivity index (χ0n) is 15.0. The largest absolute Gasteiger partial charge is 0.484 e. The first-order valence-corrected chi connectivity index (χ1v) is 9.25. The van der Waals surface area contributed by atoms with E-state index < -0.39 is 0 Å². The Kier molecular flexibility index (Phi) is 5.10. The lowest BCUT2D eigenvalue weighted by Gasteiger charge is -2.28. The van der Waals surface area contributed by atoms with E-state index >= 15 is 0 Å². The Morgan fingerprint density at radius 3 is 2.67 bits per heavy atom. The second-order valence-corrected chi connectivity index (χ2v) is 6.91. The number of nitrogens with one attached hydrogen (secondary N) is 1. The Balaban J connectivity index is 1.36. The maximum atomic E-state index is 12.8. The van der Waals surface area contributed by atoms with Crippen molar-refractivity contribution in [3.8, 4) is 11.4 Å². The highest BCUT2D eigenvalue weighted by atomic mass is 16.5. The van der Waals surface area contributed by atoms with Gasteiger partial charge in [0.2, 0.25) is 5.91 Å². The summed E-state index contributed by atoms with van der Waals surface area (Å²) in [5.41, 5.74) is 0.790. The molecule has 1 aromatic carbocycles. The molecule has 4 rings (SSSR count). The summed E-state index contributed by atoms with van der Waals surface area (Å²) < 4.78 is 7.14. The fourth-order valence-corrected chi connectivity index (χ4v) is 3.29. The zero-order valence-corrected chi connectivity index (χ0v) is 15.0. The molecule has 9 nitrogen and oxygen atoms in total. The molecule has 0 bridgehead atoms. The van der Waals surface area contributed by atoms with Crippen LogP contribution in [0.3, 0.4) is 0 Å². The number of amides is 2. The highest BCUT2D eigenvalue weighted by Gasteiger charge is 2.40. The first-order chi connectivity index (χ1) is 13.2. The molecule has 27 heavy (non-hydrogen) atoms. The highest BCUT2D eigenvalue weighted by Crippen LogP contribution is 2.29. The summed E-state index contributed by atoms with van der Waals surface area (Å²) >= 11 is 0. The molecule has 1 aromatic heterocycles. The van der Waals surface area contributed by atoms with Crippen LogP contribution in [0, 0.1) is 5.92 Å². The number of carbonyl (C=O) groups is 2. The molecule has 9 heteroatoms. The maximum Gasteiger partial charge on any atom is 0.267 e. The average molecular weight is 370 g/mol. The van der Waals surface area contributed by atoms with Gasteiger partial charge in [-0.2, -0.15) is 0 Å². The van der Waals surface area contributed by atoms with Crippen LogP contribution in [-0.2, 0) is 9.59 Å². The van der Waals surface area contributed by atoms with Gasteiger partial charge in [-0.05, 0) is 66.9 Å². The topological polar surface area (TPSA) is 102 Å². The van der Waals surface area contributed by atoms with Crippen LogP contribution in [-0.4, -0.2) is 62.7 Å². The van der Waals surface area contributed by atoms with Crippen molar-refractivity contribution in [1.29, 1.82) is 0 Å². The number of imide groups is 1. The van der Waals surface area contributed by atoms with Crippen LogP contribution in [0.2, 0.25) is 0 Å². The van der Waals surface area contributed by atoms with Gasteiger partial charge in [0.1, 0.15) is 12.1 Å². The predicted octanol–water partition coefficient (Wildman–Crippen LogP) is 0.558. The Bertz CT molecular complexity index is 782. The van der Waals surface area contributed by atoms with E-state index in [9.17, 15) is 9.59 Å². The maximum absolute atomic E-state index is 12.8. The number of aromatic nitrogens is 4. The van der Waals surface area contributed by atoms with Crippen LogP contribution in [0.15, 0.2) is 30.6 Å². The molecule has 2 amide bonds. The van der Waals surface area contributed by atoms with Crippen molar-refractivity contribution in [3.05, 3.63) is 30.6 Å². The predicted molar refractivity (Wildman–Crippen MR) is 95.1 cm³/mol. The van der Waals surface area contributed by atoms with Crippen LogP contribution < -0.4 is 10.1 Å². The third-order valence-electron chi connectivity index (χ3n) is 4.88. The van der Waals surface area contributed by atoms with Gasteiger partial charge >= 0.3 is 0 Å². The molecule has 0 spiro atoms. The molecule has 1 aliphatic carbocycles. The molecule has 1 N–H and O–H groups in total. The first-order valence-electron chi connectivity index (χ1n) is 9.25. The Morgan fingerprint density at radius 2 is 2.04 bits per heavy atom. The van der Waals surface area contributed by atoms with E-state index in [1.807, 2.05) is 0 Å². The lowest BCUT2D eigenvalue weighted by atomic mass is 9.98. The van der Waals surface area contributed by atoms with E-state index in [0.717, 1.165) is 37.9 Å². The number of piperidine rings is 1. The second-order valence-electron chi connectivity index (χ2n) is 6.91. The fourth-order valence-electron chi connectivity index (χ4n) is 3.29. The second kappa shape index (κ2) is 7.83. The molecule has 1 unspecified atom stereocenters. The van der Waals surface area contributed by atoms with Gasteiger partial charge in [-0.1, -0.05) is 0 Å². The van der Waals surface area contributed by atoms with Crippen LogP contribution in [0.5, 0.6) is 5.75 Å². The van der Waals surface area contributed by atoms with Gasteiger partial charge in [0.25, 0.3) is 5.91 Å². The number of rotatable bonds is 6. The van der Waals surface area contributed by atoms with Gasteiger partial charge in [0.05, 0.1) is 11.6 Å². The minimum atomic E-state index is -0.266. The van der Waals surface area contributed by atoms with Crippen LogP contribution in [0.1, 0.15) is 25.7 Å². The van der Waals surface area contributed by atoms with E-state index in [2.05, 4.69) is 20.8 Å². The summed E-state index contributed by atoms with van der Waals surface area (Å²) in [5, 5.41) is 14.2. The van der Waals surface area contributed by atoms with Crippen molar-refractivity contribution in [1.82, 2.24) is 30.4 Å². The van der Waals surface area contributed by atoms with E-state index in [1.165, 1.54) is 15.9 Å². The summed E-state index contributed by atoms with van der Waals surface area (Å²) in [4.78, 5) is 26.9. The molecule has 1 atom stereocenters. The number of nitrogens with zero attached hydrogens (tertiary/aromatic N) is 5. The molecular formula is C18H22N6O3. The van der Waals surface area contributed by atoms with Gasteiger partial charge in [-0.3, -0.25) is 14.5 Å². The van der Waals surface area contributed by atoms with Crippen molar-refractivity contribution in [2.75, 3.05) is 19.7 Å². The summed E-state index contributed by atoms with van der Waals surface area (Å²) in [7, 11) is 0. The van der Waals surface area contributed by atoms with E-state index in [1.54, 1.807) is 24.3 Å². The molecular weight excluding hydrogens is 348 g/mol. The van der Waals surface area contributed by atoms with E-state index in [-0.39, 0.29) is 30.4 Å². The molecule has 1 aliphatic heterocycles. The number of hydrogen-bond acceptors (Lipinski definition) is 7. The number of ether oxygens (including phenoxy) is 1. The normalized spacial score (nSPS) is 19.5. The van der Waals surface area contributed by atoms with Crippen molar-refractivity contribution in [2.24, 2.45) is 5.92 Å². The Labute approximate surface area is 156 Å². The minimum absolute atomic E-state index is 0.0396. The lowest BCUT2D eigenvalue weighted by molar-refractivity contribution is -0.149. The number of hydrogen-bond donors (Lipinski definition) is 1. The first kappa shape index (κ1) is 17.6. The highest BCUT2D eigenvalue weighted by molar-refractivity contribution is 5.98. The number of carbonyl (C=O) groups excluding carboxylic acids is 2. The van der Waals surface area contributed by atoms with Gasteiger partial charge in [-0.15, -0.1) is 5.10 Å². The minimum Gasteiger partial charge on any atom is -0.484 e. The summed E-state index contributed by atoms with van der Waals surface area (Å²) in [6.45, 7) is 1.44. The van der Waals surface area contributed by atoms with Gasteiger partial charge < -0.3 is 10.1 Å². The van der Waals surface area contributed by atoms with Crippen LogP contribution in [0.25, 0.3) is 5.69 Å². The quantitative estimate of drug-likeness (QED) is 0.792. The zero-order chi connectivity index (χ0) is 18.6. The summed E-state index contributed by atoms with van der Waals surface area (Å²) in [6, 6.07) is 7.14. The average Bonchev–Trinajstić information content (AvgIpc) is 3.39.